The Bertz CT molecular complexity index is 105. The first-order chi connectivity index (χ1) is 4.39. The van der Waals surface area contributed by atoms with Crippen LogP contribution in [0.3, 0.4) is 0 Å². The molecule has 0 aromatic rings. The molecule has 1 aliphatic heterocycles. The third-order valence-corrected chi connectivity index (χ3v) is 0.814. The van der Waals surface area contributed by atoms with Crippen molar-refractivity contribution in [1.82, 2.24) is 5.32 Å². The molecule has 0 saturated carbocycles. The van der Waals surface area contributed by atoms with Gasteiger partial charge in [0.2, 0.25) is 0 Å². The topological polar surface area (TPSA) is 38.0 Å². The summed E-state index contributed by atoms with van der Waals surface area (Å²) in [6.45, 7) is 4.00. The predicted octanol–water partition coefficient (Wildman–Crippen LogP) is 0.971. The lowest BCUT2D eigenvalue weighted by Gasteiger charge is -2.07. The Morgan fingerprint density at radius 2 is 2.00 bits per heavy atom. The Labute approximate surface area is 56.4 Å². The Morgan fingerprint density at radius 1 is 1.33 bits per heavy atom. The van der Waals surface area contributed by atoms with Crippen molar-refractivity contribution in [2.75, 3.05) is 0 Å². The first-order valence-electron chi connectivity index (χ1n) is 3.24. The molecule has 0 aromatic heterocycles. The summed E-state index contributed by atoms with van der Waals surface area (Å²) in [6.07, 6.45) is 7.56. The van der Waals surface area contributed by atoms with Crippen LogP contribution in [0.5, 0.6) is 0 Å². The van der Waals surface area contributed by atoms with Crippen LogP contribution >= 0.6 is 0 Å². The summed E-state index contributed by atoms with van der Waals surface area (Å²) in [5, 5.41) is 2.89. The van der Waals surface area contributed by atoms with Crippen molar-refractivity contribution in [3.05, 3.63) is 24.4 Å². The van der Waals surface area contributed by atoms with Gasteiger partial charge < -0.3 is 11.1 Å². The molecule has 1 aliphatic rings. The maximum absolute atomic E-state index is 5.39. The van der Waals surface area contributed by atoms with E-state index in [1.54, 1.807) is 0 Å². The van der Waals surface area contributed by atoms with E-state index in [1.807, 2.05) is 38.3 Å². The molecule has 2 heteroatoms. The minimum atomic E-state index is 0.0185. The maximum Gasteiger partial charge on any atom is 0.0934 e. The molecule has 3 N–H and O–H groups in total. The molecule has 52 valence electrons. The molecule has 1 heterocycles. The van der Waals surface area contributed by atoms with Gasteiger partial charge in [-0.2, -0.15) is 0 Å². The number of dihydropyridines is 1. The second kappa shape index (κ2) is 5.38. The SMILES string of the molecule is CC.NC1C=CC=CN1. The van der Waals surface area contributed by atoms with E-state index < -0.39 is 0 Å². The van der Waals surface area contributed by atoms with Crippen LogP contribution in [0, 0.1) is 0 Å². The monoisotopic (exact) mass is 126 g/mol. The third-order valence-electron chi connectivity index (χ3n) is 0.814. The standard InChI is InChI=1S/C5H8N2.C2H6/c6-5-3-1-2-4-7-5;1-2/h1-5,7H,6H2;1-2H3. The molecule has 0 spiro atoms. The average molecular weight is 126 g/mol. The van der Waals surface area contributed by atoms with Crippen LogP contribution in [-0.2, 0) is 0 Å². The molecular weight excluding hydrogens is 112 g/mol. The Kier molecular flexibility index (Phi) is 4.92. The van der Waals surface area contributed by atoms with Crippen LogP contribution < -0.4 is 11.1 Å². The largest absolute Gasteiger partial charge is 0.373 e. The average Bonchev–Trinajstić information content (AvgIpc) is 1.94. The fourth-order valence-electron chi connectivity index (χ4n) is 0.462. The Hall–Kier alpha value is -0.760. The fraction of sp³-hybridized carbons (Fsp3) is 0.429. The van der Waals surface area contributed by atoms with Gasteiger partial charge in [0, 0.05) is 0 Å². The van der Waals surface area contributed by atoms with Gasteiger partial charge in [-0.25, -0.2) is 0 Å². The number of nitrogens with two attached hydrogens (primary N) is 1. The summed E-state index contributed by atoms with van der Waals surface area (Å²) in [5.41, 5.74) is 5.39. The third kappa shape index (κ3) is 3.79. The molecule has 0 fully saturated rings. The van der Waals surface area contributed by atoms with Gasteiger partial charge in [-0.3, -0.25) is 0 Å². The highest BCUT2D eigenvalue weighted by Gasteiger charge is 1.90. The van der Waals surface area contributed by atoms with E-state index >= 15 is 0 Å². The second-order valence-corrected chi connectivity index (χ2v) is 1.44. The normalized spacial score (nSPS) is 21.9. The van der Waals surface area contributed by atoms with Gasteiger partial charge in [0.05, 0.1) is 6.17 Å². The summed E-state index contributed by atoms with van der Waals surface area (Å²) in [4.78, 5) is 0. The van der Waals surface area contributed by atoms with E-state index in [0.717, 1.165) is 0 Å². The van der Waals surface area contributed by atoms with Crippen LogP contribution in [0.2, 0.25) is 0 Å². The quantitative estimate of drug-likeness (QED) is 0.507. The van der Waals surface area contributed by atoms with Gasteiger partial charge in [-0.15, -0.1) is 0 Å². The molecule has 0 aromatic carbocycles. The lowest BCUT2D eigenvalue weighted by molar-refractivity contribution is 0.727. The van der Waals surface area contributed by atoms with E-state index in [0.29, 0.717) is 0 Å². The number of hydrogen-bond acceptors (Lipinski definition) is 2. The van der Waals surface area contributed by atoms with Crippen molar-refractivity contribution in [3.8, 4) is 0 Å². The predicted molar refractivity (Wildman–Crippen MR) is 40.7 cm³/mol. The second-order valence-electron chi connectivity index (χ2n) is 1.44. The Morgan fingerprint density at radius 3 is 2.22 bits per heavy atom. The number of nitrogens with one attached hydrogen (secondary N) is 1. The number of allylic oxidation sites excluding steroid dienone is 2. The van der Waals surface area contributed by atoms with E-state index in [1.165, 1.54) is 0 Å². The zero-order valence-corrected chi connectivity index (χ0v) is 5.96. The number of hydrogen-bond donors (Lipinski definition) is 2. The molecule has 9 heavy (non-hydrogen) atoms. The smallest absolute Gasteiger partial charge is 0.0934 e. The zero-order chi connectivity index (χ0) is 7.11. The van der Waals surface area contributed by atoms with Crippen molar-refractivity contribution < 1.29 is 0 Å². The van der Waals surface area contributed by atoms with E-state index in [9.17, 15) is 0 Å². The highest BCUT2D eigenvalue weighted by molar-refractivity contribution is 5.10. The highest BCUT2D eigenvalue weighted by atomic mass is 15.0. The van der Waals surface area contributed by atoms with Gasteiger partial charge in [-0.1, -0.05) is 19.9 Å². The molecule has 0 bridgehead atoms. The lowest BCUT2D eigenvalue weighted by Crippen LogP contribution is -2.32. The minimum absolute atomic E-state index is 0.0185. The van der Waals surface area contributed by atoms with Crippen LogP contribution in [0.15, 0.2) is 24.4 Å². The molecule has 2 nitrogen and oxygen atoms in total. The zero-order valence-electron chi connectivity index (χ0n) is 5.96. The summed E-state index contributed by atoms with van der Waals surface area (Å²) in [5.74, 6) is 0. The first-order valence-corrected chi connectivity index (χ1v) is 3.24. The summed E-state index contributed by atoms with van der Waals surface area (Å²) in [6, 6.07) is 0. The maximum atomic E-state index is 5.39. The van der Waals surface area contributed by atoms with Crippen molar-refractivity contribution in [1.29, 1.82) is 0 Å². The lowest BCUT2D eigenvalue weighted by atomic mass is 10.3. The number of rotatable bonds is 0. The van der Waals surface area contributed by atoms with E-state index in [4.69, 9.17) is 5.73 Å². The van der Waals surface area contributed by atoms with Crippen molar-refractivity contribution in [3.63, 3.8) is 0 Å². The van der Waals surface area contributed by atoms with Gasteiger partial charge in [-0.05, 0) is 18.4 Å². The summed E-state index contributed by atoms with van der Waals surface area (Å²) in [7, 11) is 0. The van der Waals surface area contributed by atoms with Crippen LogP contribution in [0.25, 0.3) is 0 Å². The van der Waals surface area contributed by atoms with E-state index in [-0.39, 0.29) is 6.17 Å². The van der Waals surface area contributed by atoms with Gasteiger partial charge in [0.25, 0.3) is 0 Å². The molecule has 1 rings (SSSR count). The van der Waals surface area contributed by atoms with Gasteiger partial charge in [0.1, 0.15) is 0 Å². The van der Waals surface area contributed by atoms with Crippen LogP contribution in [0.1, 0.15) is 13.8 Å². The summed E-state index contributed by atoms with van der Waals surface area (Å²) >= 11 is 0. The first kappa shape index (κ1) is 8.24. The molecule has 0 aliphatic carbocycles. The molecule has 1 atom stereocenters. The fourth-order valence-corrected chi connectivity index (χ4v) is 0.462. The highest BCUT2D eigenvalue weighted by Crippen LogP contribution is 1.84. The minimum Gasteiger partial charge on any atom is -0.373 e. The molecular formula is C7H14N2. The van der Waals surface area contributed by atoms with Crippen molar-refractivity contribution in [2.24, 2.45) is 5.73 Å². The van der Waals surface area contributed by atoms with E-state index in [2.05, 4.69) is 5.32 Å². The van der Waals surface area contributed by atoms with Crippen molar-refractivity contribution in [2.45, 2.75) is 20.0 Å². The molecule has 0 radical (unpaired) electrons. The van der Waals surface area contributed by atoms with Crippen molar-refractivity contribution >= 4 is 0 Å². The Balaban J connectivity index is 0.000000291. The molecule has 0 saturated heterocycles. The van der Waals surface area contributed by atoms with Crippen LogP contribution in [-0.4, -0.2) is 6.17 Å². The van der Waals surface area contributed by atoms with Crippen LogP contribution in [0.4, 0.5) is 0 Å². The summed E-state index contributed by atoms with van der Waals surface area (Å²) < 4.78 is 0. The van der Waals surface area contributed by atoms with Gasteiger partial charge >= 0.3 is 0 Å². The molecule has 1 unspecified atom stereocenters. The van der Waals surface area contributed by atoms with Gasteiger partial charge in [0.15, 0.2) is 0 Å². The molecule has 0 amide bonds.